The van der Waals surface area contributed by atoms with E-state index in [0.29, 0.717) is 18.9 Å². The summed E-state index contributed by atoms with van der Waals surface area (Å²) in [5.41, 5.74) is 6.17. The van der Waals surface area contributed by atoms with Crippen molar-refractivity contribution < 1.29 is 4.79 Å². The van der Waals surface area contributed by atoms with Crippen molar-refractivity contribution >= 4 is 5.91 Å². The van der Waals surface area contributed by atoms with Crippen LogP contribution in [0.1, 0.15) is 67.2 Å². The van der Waals surface area contributed by atoms with Crippen LogP contribution in [0.4, 0.5) is 0 Å². The molecule has 3 nitrogen and oxygen atoms in total. The number of carbonyl (C=O) groups excluding carboxylic acids is 1. The van der Waals surface area contributed by atoms with Crippen LogP contribution in [0, 0.1) is 16.7 Å². The van der Waals surface area contributed by atoms with Gasteiger partial charge in [0.25, 0.3) is 0 Å². The fourth-order valence-corrected chi connectivity index (χ4v) is 2.18. The molecule has 0 aliphatic carbocycles. The van der Waals surface area contributed by atoms with Crippen LogP contribution in [0.3, 0.4) is 0 Å². The van der Waals surface area contributed by atoms with Gasteiger partial charge in [-0.05, 0) is 42.6 Å². The Labute approximate surface area is 119 Å². The summed E-state index contributed by atoms with van der Waals surface area (Å²) in [4.78, 5) is 11.8. The SMILES string of the molecule is CC(C)(C)CCNC(=O)CCC(CCN)C(C)(C)C. The maximum atomic E-state index is 11.8. The van der Waals surface area contributed by atoms with Gasteiger partial charge in [-0.25, -0.2) is 0 Å². The minimum Gasteiger partial charge on any atom is -0.356 e. The highest BCUT2D eigenvalue weighted by Gasteiger charge is 2.24. The van der Waals surface area contributed by atoms with Crippen molar-refractivity contribution in [3.63, 3.8) is 0 Å². The van der Waals surface area contributed by atoms with Crippen molar-refractivity contribution in [1.82, 2.24) is 5.32 Å². The second-order valence-electron chi connectivity index (χ2n) is 7.84. The van der Waals surface area contributed by atoms with E-state index >= 15 is 0 Å². The summed E-state index contributed by atoms with van der Waals surface area (Å²) in [6, 6.07) is 0. The average molecular weight is 270 g/mol. The van der Waals surface area contributed by atoms with E-state index in [1.165, 1.54) is 0 Å². The maximum Gasteiger partial charge on any atom is 0.220 e. The predicted octanol–water partition coefficient (Wildman–Crippen LogP) is 3.33. The summed E-state index contributed by atoms with van der Waals surface area (Å²) >= 11 is 0. The summed E-state index contributed by atoms with van der Waals surface area (Å²) in [6.07, 6.45) is 3.57. The first-order valence-electron chi connectivity index (χ1n) is 7.53. The molecule has 19 heavy (non-hydrogen) atoms. The number of amides is 1. The average Bonchev–Trinajstić information content (AvgIpc) is 2.20. The van der Waals surface area contributed by atoms with E-state index < -0.39 is 0 Å². The first-order chi connectivity index (χ1) is 8.56. The van der Waals surface area contributed by atoms with E-state index in [-0.39, 0.29) is 16.7 Å². The summed E-state index contributed by atoms with van der Waals surface area (Å²) in [5, 5.41) is 3.02. The van der Waals surface area contributed by atoms with Gasteiger partial charge >= 0.3 is 0 Å². The second-order valence-corrected chi connectivity index (χ2v) is 7.84. The molecule has 0 aliphatic heterocycles. The van der Waals surface area contributed by atoms with Crippen molar-refractivity contribution in [3.8, 4) is 0 Å². The van der Waals surface area contributed by atoms with Crippen molar-refractivity contribution in [2.24, 2.45) is 22.5 Å². The van der Waals surface area contributed by atoms with Crippen molar-refractivity contribution in [2.75, 3.05) is 13.1 Å². The van der Waals surface area contributed by atoms with Gasteiger partial charge in [0.2, 0.25) is 5.91 Å². The molecule has 0 aliphatic rings. The van der Waals surface area contributed by atoms with Gasteiger partial charge in [0.15, 0.2) is 0 Å². The fourth-order valence-electron chi connectivity index (χ4n) is 2.18. The third-order valence-corrected chi connectivity index (χ3v) is 3.66. The Hall–Kier alpha value is -0.570. The van der Waals surface area contributed by atoms with Crippen LogP contribution < -0.4 is 11.1 Å². The molecule has 3 heteroatoms. The van der Waals surface area contributed by atoms with Gasteiger partial charge in [-0.3, -0.25) is 4.79 Å². The van der Waals surface area contributed by atoms with Gasteiger partial charge in [-0.15, -0.1) is 0 Å². The molecule has 114 valence electrons. The molecule has 1 unspecified atom stereocenters. The molecule has 0 fully saturated rings. The molecule has 0 rings (SSSR count). The lowest BCUT2D eigenvalue weighted by Crippen LogP contribution is -2.29. The third-order valence-electron chi connectivity index (χ3n) is 3.66. The van der Waals surface area contributed by atoms with Gasteiger partial charge in [0, 0.05) is 13.0 Å². The van der Waals surface area contributed by atoms with Gasteiger partial charge in [0.1, 0.15) is 0 Å². The highest BCUT2D eigenvalue weighted by molar-refractivity contribution is 5.75. The van der Waals surface area contributed by atoms with Crippen molar-refractivity contribution in [2.45, 2.75) is 67.2 Å². The Morgan fingerprint density at radius 2 is 1.68 bits per heavy atom. The van der Waals surface area contributed by atoms with E-state index in [1.807, 2.05) is 0 Å². The zero-order valence-electron chi connectivity index (χ0n) is 13.8. The lowest BCUT2D eigenvalue weighted by molar-refractivity contribution is -0.121. The Morgan fingerprint density at radius 3 is 2.11 bits per heavy atom. The molecule has 1 atom stereocenters. The van der Waals surface area contributed by atoms with Crippen LogP contribution in [0.5, 0.6) is 0 Å². The lowest BCUT2D eigenvalue weighted by Gasteiger charge is -2.30. The van der Waals surface area contributed by atoms with E-state index in [9.17, 15) is 4.79 Å². The molecule has 0 aromatic rings. The molecule has 3 N–H and O–H groups in total. The minimum absolute atomic E-state index is 0.176. The Balaban J connectivity index is 3.99. The topological polar surface area (TPSA) is 55.1 Å². The number of carbonyl (C=O) groups is 1. The summed E-state index contributed by atoms with van der Waals surface area (Å²) in [6.45, 7) is 14.7. The third kappa shape index (κ3) is 9.94. The maximum absolute atomic E-state index is 11.8. The quantitative estimate of drug-likeness (QED) is 0.745. The molecule has 0 aromatic carbocycles. The lowest BCUT2D eigenvalue weighted by atomic mass is 9.76. The zero-order valence-corrected chi connectivity index (χ0v) is 13.8. The molecule has 0 spiro atoms. The largest absolute Gasteiger partial charge is 0.356 e. The Bertz CT molecular complexity index is 261. The molecule has 0 radical (unpaired) electrons. The van der Waals surface area contributed by atoms with Gasteiger partial charge in [-0.1, -0.05) is 41.5 Å². The van der Waals surface area contributed by atoms with Gasteiger partial charge in [0.05, 0.1) is 0 Å². The van der Waals surface area contributed by atoms with Crippen LogP contribution in [0.15, 0.2) is 0 Å². The van der Waals surface area contributed by atoms with E-state index in [2.05, 4.69) is 46.9 Å². The van der Waals surface area contributed by atoms with Gasteiger partial charge in [-0.2, -0.15) is 0 Å². The van der Waals surface area contributed by atoms with Crippen LogP contribution >= 0.6 is 0 Å². The molecule has 0 heterocycles. The summed E-state index contributed by atoms with van der Waals surface area (Å²) in [7, 11) is 0. The summed E-state index contributed by atoms with van der Waals surface area (Å²) < 4.78 is 0. The second kappa shape index (κ2) is 7.88. The highest BCUT2D eigenvalue weighted by Crippen LogP contribution is 2.32. The summed E-state index contributed by atoms with van der Waals surface area (Å²) in [5.74, 6) is 0.696. The predicted molar refractivity (Wildman–Crippen MR) is 82.9 cm³/mol. The molecule has 1 amide bonds. The Morgan fingerprint density at radius 1 is 1.11 bits per heavy atom. The standard InChI is InChI=1S/C16H34N2O/c1-15(2,3)10-12-18-14(19)8-7-13(9-11-17)16(4,5)6/h13H,7-12,17H2,1-6H3,(H,18,19). The molecule has 0 saturated carbocycles. The van der Waals surface area contributed by atoms with Crippen molar-refractivity contribution in [3.05, 3.63) is 0 Å². The molecular formula is C16H34N2O. The zero-order chi connectivity index (χ0) is 15.1. The van der Waals surface area contributed by atoms with Crippen molar-refractivity contribution in [1.29, 1.82) is 0 Å². The van der Waals surface area contributed by atoms with E-state index in [1.54, 1.807) is 0 Å². The Kier molecular flexibility index (Phi) is 7.65. The number of nitrogens with two attached hydrogens (primary N) is 1. The molecular weight excluding hydrogens is 236 g/mol. The smallest absolute Gasteiger partial charge is 0.220 e. The molecule has 0 aromatic heterocycles. The van der Waals surface area contributed by atoms with E-state index in [4.69, 9.17) is 5.73 Å². The molecule has 0 bridgehead atoms. The van der Waals surface area contributed by atoms with Crippen LogP contribution in [-0.2, 0) is 4.79 Å². The highest BCUT2D eigenvalue weighted by atomic mass is 16.1. The number of hydrogen-bond donors (Lipinski definition) is 2. The number of nitrogens with one attached hydrogen (secondary N) is 1. The van der Waals surface area contributed by atoms with E-state index in [0.717, 1.165) is 25.8 Å². The monoisotopic (exact) mass is 270 g/mol. The van der Waals surface area contributed by atoms with Gasteiger partial charge < -0.3 is 11.1 Å². The number of hydrogen-bond acceptors (Lipinski definition) is 2. The van der Waals surface area contributed by atoms with Crippen LogP contribution in [-0.4, -0.2) is 19.0 Å². The first kappa shape index (κ1) is 18.4. The fraction of sp³-hybridized carbons (Fsp3) is 0.938. The van der Waals surface area contributed by atoms with Crippen LogP contribution in [0.25, 0.3) is 0 Å². The van der Waals surface area contributed by atoms with Crippen LogP contribution in [0.2, 0.25) is 0 Å². The normalized spacial score (nSPS) is 14.3. The first-order valence-corrected chi connectivity index (χ1v) is 7.53. The molecule has 0 saturated heterocycles. The number of rotatable bonds is 7. The minimum atomic E-state index is 0.176.